The molecular formula is C27H34F2N4O2. The first-order valence-corrected chi connectivity index (χ1v) is 12.1. The van der Waals surface area contributed by atoms with Crippen molar-refractivity contribution in [3.8, 4) is 6.07 Å². The van der Waals surface area contributed by atoms with Crippen molar-refractivity contribution in [3.63, 3.8) is 0 Å². The first-order chi connectivity index (χ1) is 17.0. The van der Waals surface area contributed by atoms with Gasteiger partial charge in [0.05, 0.1) is 23.8 Å². The van der Waals surface area contributed by atoms with Crippen LogP contribution in [0.15, 0.2) is 48.5 Å². The summed E-state index contributed by atoms with van der Waals surface area (Å²) in [6.45, 7) is 2.91. The van der Waals surface area contributed by atoms with E-state index in [9.17, 15) is 13.6 Å². The zero-order valence-electron chi connectivity index (χ0n) is 20.1. The van der Waals surface area contributed by atoms with E-state index < -0.39 is 12.2 Å². The van der Waals surface area contributed by atoms with Gasteiger partial charge in [0.1, 0.15) is 12.0 Å². The van der Waals surface area contributed by atoms with Crippen LogP contribution in [0.3, 0.4) is 0 Å². The number of benzene rings is 2. The van der Waals surface area contributed by atoms with Gasteiger partial charge in [-0.2, -0.15) is 5.26 Å². The van der Waals surface area contributed by atoms with Crippen molar-refractivity contribution in [3.05, 3.63) is 65.5 Å². The largest absolute Gasteiger partial charge is 0.388 e. The first kappa shape index (κ1) is 26.6. The number of piperidine rings is 1. The Morgan fingerprint density at radius 1 is 1.17 bits per heavy atom. The van der Waals surface area contributed by atoms with E-state index in [0.29, 0.717) is 37.5 Å². The molecule has 2 aliphatic rings. The first-order valence-electron chi connectivity index (χ1n) is 12.1. The summed E-state index contributed by atoms with van der Waals surface area (Å²) >= 11 is 0. The lowest BCUT2D eigenvalue weighted by atomic mass is 9.90. The molecule has 0 bridgehead atoms. The van der Waals surface area contributed by atoms with Gasteiger partial charge in [-0.15, -0.1) is 0 Å². The fraction of sp³-hybridized carbons (Fsp3) is 0.481. The average molecular weight is 485 g/mol. The summed E-state index contributed by atoms with van der Waals surface area (Å²) in [5.74, 6) is 0.291. The Hall–Kier alpha value is -3.02. The van der Waals surface area contributed by atoms with E-state index in [1.807, 2.05) is 31.3 Å². The Morgan fingerprint density at radius 3 is 2.57 bits per heavy atom. The molecule has 4 atom stereocenters. The molecule has 6 nitrogen and oxygen atoms in total. The summed E-state index contributed by atoms with van der Waals surface area (Å²) in [7, 11) is 1.85. The molecule has 2 saturated heterocycles. The minimum Gasteiger partial charge on any atom is -0.388 e. The standard InChI is InChI=1S/C19H26F2N2O2.C8H8N2/c20-16-5-3-14(4-6-16)10-15-2-1-8-23(11-15)12-18-19(22-13-24)17(21)7-9-25-18;1-10-8-4-2-7(6-9)3-5-8/h3-6,13,15,17-19H,1-2,7-12H2,(H,22,24);2-5,10H,1H3/t15-,17+,18+,19+;/m0./s1. The lowest BCUT2D eigenvalue weighted by Crippen LogP contribution is -2.56. The predicted octanol–water partition coefficient (Wildman–Crippen LogP) is 3.92. The van der Waals surface area contributed by atoms with Gasteiger partial charge in [-0.1, -0.05) is 12.1 Å². The number of carbonyl (C=O) groups is 1. The fourth-order valence-electron chi connectivity index (χ4n) is 4.71. The topological polar surface area (TPSA) is 77.4 Å². The summed E-state index contributed by atoms with van der Waals surface area (Å²) in [6.07, 6.45) is 2.68. The van der Waals surface area contributed by atoms with Gasteiger partial charge in [0.2, 0.25) is 6.41 Å². The number of alkyl halides is 1. The number of rotatable bonds is 7. The number of nitrogens with one attached hydrogen (secondary N) is 2. The Morgan fingerprint density at radius 2 is 1.91 bits per heavy atom. The molecule has 35 heavy (non-hydrogen) atoms. The Kier molecular flexibility index (Phi) is 10.5. The third-order valence-corrected chi connectivity index (χ3v) is 6.56. The van der Waals surface area contributed by atoms with Gasteiger partial charge in [0.25, 0.3) is 0 Å². The molecule has 0 aliphatic carbocycles. The van der Waals surface area contributed by atoms with Crippen LogP contribution in [0.4, 0.5) is 14.5 Å². The summed E-state index contributed by atoms with van der Waals surface area (Å²) in [5, 5.41) is 14.0. The highest BCUT2D eigenvalue weighted by Crippen LogP contribution is 2.24. The number of ether oxygens (including phenoxy) is 1. The Balaban J connectivity index is 0.000000287. The van der Waals surface area contributed by atoms with Crippen LogP contribution < -0.4 is 10.6 Å². The summed E-state index contributed by atoms with van der Waals surface area (Å²) in [4.78, 5) is 13.1. The van der Waals surface area contributed by atoms with Crippen LogP contribution in [0.25, 0.3) is 0 Å². The van der Waals surface area contributed by atoms with E-state index in [0.717, 1.165) is 43.6 Å². The molecule has 2 fully saturated rings. The maximum atomic E-state index is 14.1. The number of halogens is 2. The van der Waals surface area contributed by atoms with E-state index in [4.69, 9.17) is 10.00 Å². The second kappa shape index (κ2) is 13.8. The molecule has 2 aromatic rings. The summed E-state index contributed by atoms with van der Waals surface area (Å²) in [5.41, 5.74) is 2.87. The molecule has 2 N–H and O–H groups in total. The van der Waals surface area contributed by atoms with Gasteiger partial charge in [0.15, 0.2) is 0 Å². The Labute approximate surface area is 206 Å². The number of amides is 1. The van der Waals surface area contributed by atoms with Crippen molar-refractivity contribution in [1.29, 1.82) is 5.26 Å². The van der Waals surface area contributed by atoms with Crippen LogP contribution in [-0.4, -0.2) is 62.9 Å². The molecular weight excluding hydrogens is 450 g/mol. The number of hydrogen-bond donors (Lipinski definition) is 2. The molecule has 0 radical (unpaired) electrons. The third-order valence-electron chi connectivity index (χ3n) is 6.56. The van der Waals surface area contributed by atoms with Gasteiger partial charge < -0.3 is 20.3 Å². The number of nitrogens with zero attached hydrogens (tertiary/aromatic N) is 2. The van der Waals surface area contributed by atoms with Crippen molar-refractivity contribution in [1.82, 2.24) is 10.2 Å². The molecule has 1 amide bonds. The molecule has 0 saturated carbocycles. The van der Waals surface area contributed by atoms with Crippen molar-refractivity contribution >= 4 is 12.1 Å². The molecule has 188 valence electrons. The second-order valence-electron chi connectivity index (χ2n) is 9.06. The predicted molar refractivity (Wildman–Crippen MR) is 132 cm³/mol. The van der Waals surface area contributed by atoms with Crippen LogP contribution in [0, 0.1) is 23.1 Å². The molecule has 4 rings (SSSR count). The van der Waals surface area contributed by atoms with Crippen LogP contribution in [0.1, 0.15) is 30.4 Å². The SMILES string of the molecule is CNc1ccc(C#N)cc1.O=CN[C@@H]1[C@H](F)CCO[C@@H]1CN1CCC[C@@H](Cc2ccc(F)cc2)C1. The molecule has 0 spiro atoms. The van der Waals surface area contributed by atoms with Crippen molar-refractivity contribution in [2.45, 2.75) is 44.0 Å². The molecule has 0 aromatic heterocycles. The van der Waals surface area contributed by atoms with Crippen molar-refractivity contribution in [2.75, 3.05) is 38.6 Å². The highest BCUT2D eigenvalue weighted by atomic mass is 19.1. The number of hydrogen-bond acceptors (Lipinski definition) is 5. The molecule has 0 unspecified atom stereocenters. The highest BCUT2D eigenvalue weighted by molar-refractivity contribution is 5.47. The maximum absolute atomic E-state index is 14.1. The zero-order chi connectivity index (χ0) is 25.0. The summed E-state index contributed by atoms with van der Waals surface area (Å²) in [6, 6.07) is 15.5. The van der Waals surface area contributed by atoms with Gasteiger partial charge in [-0.3, -0.25) is 4.79 Å². The minimum atomic E-state index is -1.05. The van der Waals surface area contributed by atoms with Gasteiger partial charge in [-0.25, -0.2) is 8.78 Å². The van der Waals surface area contributed by atoms with Gasteiger partial charge >= 0.3 is 0 Å². The molecule has 2 heterocycles. The molecule has 2 aliphatic heterocycles. The minimum absolute atomic E-state index is 0.210. The zero-order valence-corrected chi connectivity index (χ0v) is 20.1. The van der Waals surface area contributed by atoms with E-state index in [2.05, 4.69) is 21.6 Å². The van der Waals surface area contributed by atoms with E-state index in [1.54, 1.807) is 12.1 Å². The van der Waals surface area contributed by atoms with Gasteiger partial charge in [-0.05, 0) is 73.7 Å². The lowest BCUT2D eigenvalue weighted by molar-refractivity contribution is -0.115. The monoisotopic (exact) mass is 484 g/mol. The van der Waals surface area contributed by atoms with Crippen molar-refractivity contribution < 1.29 is 18.3 Å². The number of anilines is 1. The van der Waals surface area contributed by atoms with Crippen LogP contribution >= 0.6 is 0 Å². The molecule has 2 aromatic carbocycles. The number of carbonyl (C=O) groups excluding carboxylic acids is 1. The maximum Gasteiger partial charge on any atom is 0.207 e. The third kappa shape index (κ3) is 8.30. The molecule has 8 heteroatoms. The normalized spacial score (nSPS) is 24.4. The van der Waals surface area contributed by atoms with E-state index >= 15 is 0 Å². The van der Waals surface area contributed by atoms with Crippen molar-refractivity contribution in [2.24, 2.45) is 5.92 Å². The quantitative estimate of drug-likeness (QED) is 0.583. The van der Waals surface area contributed by atoms with Crippen LogP contribution in [-0.2, 0) is 16.0 Å². The van der Waals surface area contributed by atoms with Crippen LogP contribution in [0.5, 0.6) is 0 Å². The van der Waals surface area contributed by atoms with Crippen LogP contribution in [0.2, 0.25) is 0 Å². The average Bonchev–Trinajstić information content (AvgIpc) is 2.88. The number of likely N-dealkylation sites (tertiary alicyclic amines) is 1. The lowest BCUT2D eigenvalue weighted by Gasteiger charge is -2.39. The smallest absolute Gasteiger partial charge is 0.207 e. The van der Waals surface area contributed by atoms with Gasteiger partial charge in [0, 0.05) is 38.9 Å². The highest BCUT2D eigenvalue weighted by Gasteiger charge is 2.36. The summed E-state index contributed by atoms with van der Waals surface area (Å²) < 4.78 is 32.9. The number of nitriles is 1. The fourth-order valence-corrected chi connectivity index (χ4v) is 4.71. The van der Waals surface area contributed by atoms with E-state index in [1.165, 1.54) is 12.1 Å². The Bertz CT molecular complexity index is 949. The van der Waals surface area contributed by atoms with E-state index in [-0.39, 0.29) is 11.9 Å². The second-order valence-corrected chi connectivity index (χ2v) is 9.06.